The number of hydrogen-bond acceptors (Lipinski definition) is 6. The number of carbonyl (C=O) groups is 3. The number of piperazine rings is 1. The number of ether oxygens (including phenoxy) is 1. The van der Waals surface area contributed by atoms with E-state index in [1.165, 1.54) is 23.3 Å². The van der Waals surface area contributed by atoms with Crippen LogP contribution in [-0.2, 0) is 14.3 Å². The van der Waals surface area contributed by atoms with Crippen molar-refractivity contribution >= 4 is 34.1 Å². The van der Waals surface area contributed by atoms with Crippen molar-refractivity contribution in [1.82, 2.24) is 19.6 Å². The Balaban J connectivity index is 1.66. The van der Waals surface area contributed by atoms with E-state index >= 15 is 0 Å². The maximum Gasteiger partial charge on any atom is 0.308 e. The fraction of sp³-hybridized carbons (Fsp3) is 0.263. The van der Waals surface area contributed by atoms with Crippen LogP contribution in [0, 0.1) is 0 Å². The van der Waals surface area contributed by atoms with Crippen LogP contribution in [0.15, 0.2) is 41.9 Å². The largest absolute Gasteiger partial charge is 0.469 e. The van der Waals surface area contributed by atoms with Crippen molar-refractivity contribution in [3.8, 4) is 11.3 Å². The number of aromatic nitrogens is 2. The summed E-state index contributed by atoms with van der Waals surface area (Å²) < 4.78 is 6.41. The van der Waals surface area contributed by atoms with Gasteiger partial charge in [-0.3, -0.25) is 18.8 Å². The molecule has 1 N–H and O–H groups in total. The van der Waals surface area contributed by atoms with Crippen molar-refractivity contribution in [3.05, 3.63) is 47.6 Å². The van der Waals surface area contributed by atoms with Crippen molar-refractivity contribution in [2.75, 3.05) is 20.2 Å². The zero-order valence-corrected chi connectivity index (χ0v) is 15.9. The second-order valence-electron chi connectivity index (χ2n) is 6.35. The zero-order chi connectivity index (χ0) is 19.7. The number of imidazole rings is 1. The number of thiazole rings is 1. The molecule has 0 spiro atoms. The lowest BCUT2D eigenvalue weighted by Crippen LogP contribution is -2.58. The van der Waals surface area contributed by atoms with E-state index in [4.69, 9.17) is 0 Å². The summed E-state index contributed by atoms with van der Waals surface area (Å²) in [4.78, 5) is 43.9. The molecule has 9 heteroatoms. The first-order valence-corrected chi connectivity index (χ1v) is 9.64. The number of fused-ring (bicyclic) bond motifs is 1. The minimum Gasteiger partial charge on any atom is -0.469 e. The first-order valence-electron chi connectivity index (χ1n) is 8.76. The van der Waals surface area contributed by atoms with Gasteiger partial charge in [0.05, 0.1) is 19.2 Å². The Kier molecular flexibility index (Phi) is 4.82. The van der Waals surface area contributed by atoms with Crippen LogP contribution in [0.25, 0.3) is 16.2 Å². The summed E-state index contributed by atoms with van der Waals surface area (Å²) in [5, 5.41) is 4.42. The van der Waals surface area contributed by atoms with Gasteiger partial charge in [-0.05, 0) is 0 Å². The fourth-order valence-corrected chi connectivity index (χ4v) is 4.08. The van der Waals surface area contributed by atoms with Crippen LogP contribution >= 0.6 is 11.3 Å². The molecule has 4 rings (SSSR count). The molecule has 1 aromatic carbocycles. The molecule has 3 heterocycles. The highest BCUT2D eigenvalue weighted by molar-refractivity contribution is 7.15. The number of nitrogens with zero attached hydrogens (tertiary/aromatic N) is 3. The molecule has 3 aromatic rings. The molecular formula is C19H18N4O4S. The first-order chi connectivity index (χ1) is 13.6. The predicted molar refractivity (Wildman–Crippen MR) is 103 cm³/mol. The van der Waals surface area contributed by atoms with Gasteiger partial charge in [0.2, 0.25) is 5.91 Å². The number of rotatable bonds is 4. The SMILES string of the molecule is COC(=O)C[C@H]1C(=O)NCCN1C(=O)c1csc2nc(-c3ccccc3)cn12. The summed E-state index contributed by atoms with van der Waals surface area (Å²) in [5.74, 6) is -1.21. The first kappa shape index (κ1) is 18.2. The van der Waals surface area contributed by atoms with E-state index in [-0.39, 0.29) is 18.2 Å². The lowest BCUT2D eigenvalue weighted by Gasteiger charge is -2.34. The summed E-state index contributed by atoms with van der Waals surface area (Å²) in [7, 11) is 1.26. The lowest BCUT2D eigenvalue weighted by atomic mass is 10.1. The van der Waals surface area contributed by atoms with Gasteiger partial charge in [0.15, 0.2) is 4.96 Å². The topological polar surface area (TPSA) is 93.0 Å². The van der Waals surface area contributed by atoms with Crippen molar-refractivity contribution in [2.24, 2.45) is 0 Å². The molecule has 0 saturated carbocycles. The molecule has 144 valence electrons. The minimum atomic E-state index is -0.888. The Labute approximate surface area is 164 Å². The van der Waals surface area contributed by atoms with Gasteiger partial charge in [-0.25, -0.2) is 4.98 Å². The van der Waals surface area contributed by atoms with Crippen LogP contribution in [0.3, 0.4) is 0 Å². The number of carbonyl (C=O) groups excluding carboxylic acids is 3. The van der Waals surface area contributed by atoms with Crippen molar-refractivity contribution in [1.29, 1.82) is 0 Å². The Hall–Kier alpha value is -3.20. The van der Waals surface area contributed by atoms with Gasteiger partial charge in [0.1, 0.15) is 11.7 Å². The Bertz CT molecular complexity index is 1040. The van der Waals surface area contributed by atoms with Crippen molar-refractivity contribution in [2.45, 2.75) is 12.5 Å². The van der Waals surface area contributed by atoms with E-state index in [9.17, 15) is 14.4 Å². The van der Waals surface area contributed by atoms with Crippen LogP contribution in [0.4, 0.5) is 0 Å². The standard InChI is InChI=1S/C19H18N4O4S/c1-27-16(24)9-14-17(25)20-7-8-22(14)18(26)15-11-28-19-21-13(10-23(15)19)12-5-3-2-4-6-12/h2-6,10-11,14H,7-9H2,1H3,(H,20,25)/t14-/m0/s1. The molecular weight excluding hydrogens is 380 g/mol. The zero-order valence-electron chi connectivity index (χ0n) is 15.1. The van der Waals surface area contributed by atoms with Gasteiger partial charge in [0, 0.05) is 30.2 Å². The smallest absolute Gasteiger partial charge is 0.308 e. The lowest BCUT2D eigenvalue weighted by molar-refractivity contribution is -0.145. The quantitative estimate of drug-likeness (QED) is 0.674. The van der Waals surface area contributed by atoms with E-state index in [0.29, 0.717) is 23.7 Å². The van der Waals surface area contributed by atoms with Crippen molar-refractivity contribution in [3.63, 3.8) is 0 Å². The van der Waals surface area contributed by atoms with Gasteiger partial charge in [-0.2, -0.15) is 0 Å². The van der Waals surface area contributed by atoms with Crippen molar-refractivity contribution < 1.29 is 19.1 Å². The molecule has 0 radical (unpaired) electrons. The molecule has 1 fully saturated rings. The highest BCUT2D eigenvalue weighted by atomic mass is 32.1. The van der Waals surface area contributed by atoms with E-state index in [1.54, 1.807) is 9.78 Å². The van der Waals surface area contributed by atoms with Crippen LogP contribution in [0.5, 0.6) is 0 Å². The second kappa shape index (κ2) is 7.43. The summed E-state index contributed by atoms with van der Waals surface area (Å²) in [6.45, 7) is 0.665. The highest BCUT2D eigenvalue weighted by Gasteiger charge is 2.36. The molecule has 1 aliphatic heterocycles. The number of nitrogens with one attached hydrogen (secondary N) is 1. The number of hydrogen-bond donors (Lipinski definition) is 1. The average molecular weight is 398 g/mol. The summed E-state index contributed by atoms with van der Waals surface area (Å²) in [6.07, 6.45) is 1.63. The molecule has 0 unspecified atom stereocenters. The number of methoxy groups -OCH3 is 1. The molecule has 0 bridgehead atoms. The Morgan fingerprint density at radius 2 is 2.11 bits per heavy atom. The van der Waals surface area contributed by atoms with Crippen LogP contribution < -0.4 is 5.32 Å². The summed E-state index contributed by atoms with van der Waals surface area (Å²) in [5.41, 5.74) is 2.14. The van der Waals surface area contributed by atoms with Crippen LogP contribution in [0.1, 0.15) is 16.9 Å². The maximum absolute atomic E-state index is 13.2. The normalized spacial score (nSPS) is 16.8. The molecule has 1 saturated heterocycles. The van der Waals surface area contributed by atoms with E-state index in [2.05, 4.69) is 15.0 Å². The molecule has 0 aliphatic carbocycles. The van der Waals surface area contributed by atoms with Gasteiger partial charge < -0.3 is 15.0 Å². The third-order valence-corrected chi connectivity index (χ3v) is 5.52. The summed E-state index contributed by atoms with van der Waals surface area (Å²) >= 11 is 1.35. The predicted octanol–water partition coefficient (Wildman–Crippen LogP) is 1.57. The van der Waals surface area contributed by atoms with Crippen LogP contribution in [0.2, 0.25) is 0 Å². The monoisotopic (exact) mass is 398 g/mol. The van der Waals surface area contributed by atoms with Gasteiger partial charge in [0.25, 0.3) is 5.91 Å². The average Bonchev–Trinajstić information content (AvgIpc) is 3.30. The van der Waals surface area contributed by atoms with E-state index in [1.807, 2.05) is 36.5 Å². The maximum atomic E-state index is 13.2. The number of esters is 1. The Morgan fingerprint density at radius 1 is 1.32 bits per heavy atom. The molecule has 1 atom stereocenters. The molecule has 2 aromatic heterocycles. The second-order valence-corrected chi connectivity index (χ2v) is 7.19. The third kappa shape index (κ3) is 3.24. The van der Waals surface area contributed by atoms with Gasteiger partial charge in [-0.15, -0.1) is 11.3 Å². The molecule has 1 aliphatic rings. The van der Waals surface area contributed by atoms with Gasteiger partial charge in [-0.1, -0.05) is 30.3 Å². The van der Waals surface area contributed by atoms with E-state index < -0.39 is 12.0 Å². The van der Waals surface area contributed by atoms with Gasteiger partial charge >= 0.3 is 5.97 Å². The highest BCUT2D eigenvalue weighted by Crippen LogP contribution is 2.25. The minimum absolute atomic E-state index is 0.180. The number of amides is 2. The molecule has 28 heavy (non-hydrogen) atoms. The Morgan fingerprint density at radius 3 is 2.86 bits per heavy atom. The van der Waals surface area contributed by atoms with E-state index in [0.717, 1.165) is 11.3 Å². The molecule has 2 amide bonds. The number of benzene rings is 1. The summed E-state index contributed by atoms with van der Waals surface area (Å²) in [6, 6.07) is 8.81. The fourth-order valence-electron chi connectivity index (χ4n) is 3.23. The molecule has 8 nitrogen and oxygen atoms in total. The van der Waals surface area contributed by atoms with Crippen LogP contribution in [-0.4, -0.2) is 58.3 Å². The third-order valence-electron chi connectivity index (χ3n) is 4.68.